The summed E-state index contributed by atoms with van der Waals surface area (Å²) in [4.78, 5) is 56.7. The number of amides is 2. The van der Waals surface area contributed by atoms with Crippen LogP contribution < -0.4 is 28.5 Å². The second kappa shape index (κ2) is 7.42. The van der Waals surface area contributed by atoms with Gasteiger partial charge in [0.2, 0.25) is 11.8 Å². The van der Waals surface area contributed by atoms with E-state index in [1.165, 1.54) is 6.08 Å². The number of aromatic amines is 3. The maximum Gasteiger partial charge on any atom is 0.330 e. The number of hydrogen-bond acceptors (Lipinski definition) is 5. The molecule has 0 saturated heterocycles. The van der Waals surface area contributed by atoms with Crippen molar-refractivity contribution in [2.24, 2.45) is 17.4 Å². The number of hydrogen-bond donors (Lipinski definition) is 5. The van der Waals surface area contributed by atoms with Gasteiger partial charge < -0.3 is 11.5 Å². The van der Waals surface area contributed by atoms with Gasteiger partial charge in [-0.25, -0.2) is 14.4 Å². The highest BCUT2D eigenvalue weighted by Gasteiger charge is 2.18. The third-order valence-corrected chi connectivity index (χ3v) is 1.77. The summed E-state index contributed by atoms with van der Waals surface area (Å²) in [5, 5.41) is 0. The molecule has 0 bridgehead atoms. The predicted molar refractivity (Wildman–Crippen MR) is 65.0 cm³/mol. The van der Waals surface area contributed by atoms with Gasteiger partial charge in [0.25, 0.3) is 0 Å². The van der Waals surface area contributed by atoms with Crippen molar-refractivity contribution < 1.29 is 9.59 Å². The molecule has 0 aliphatic rings. The number of primary amides is 2. The first-order valence-corrected chi connectivity index (χ1v) is 4.90. The fraction of sp³-hybridized carbons (Fsp3) is 0.222. The standard InChI is InChI=1S/C6H10N2O2.C3H3N3O3/c1-2-3-4(5(7)9)6(8)10;7-1-4-2(8)6-3(9)5-1/h2,4H,1,3H2,(H2,7,9)(H2,8,10);(H3,4,5,6,7,8,9). The first-order chi connectivity index (χ1) is 8.77. The van der Waals surface area contributed by atoms with Crippen molar-refractivity contribution in [2.45, 2.75) is 6.42 Å². The molecule has 0 aromatic carbocycles. The minimum Gasteiger partial charge on any atom is -0.369 e. The van der Waals surface area contributed by atoms with Crippen LogP contribution >= 0.6 is 0 Å². The average molecular weight is 271 g/mol. The normalized spacial score (nSPS) is 9.32. The molecule has 0 aliphatic carbocycles. The lowest BCUT2D eigenvalue weighted by atomic mass is 10.1. The molecule has 19 heavy (non-hydrogen) atoms. The van der Waals surface area contributed by atoms with Gasteiger partial charge in [-0.1, -0.05) is 6.08 Å². The molecule has 0 atom stereocenters. The maximum absolute atomic E-state index is 10.4. The van der Waals surface area contributed by atoms with E-state index >= 15 is 0 Å². The number of aromatic nitrogens is 3. The summed E-state index contributed by atoms with van der Waals surface area (Å²) in [7, 11) is 0. The molecule has 1 aromatic heterocycles. The van der Waals surface area contributed by atoms with Crippen LogP contribution in [0.25, 0.3) is 0 Å². The van der Waals surface area contributed by atoms with Crippen molar-refractivity contribution in [3.63, 3.8) is 0 Å². The molecule has 0 saturated carbocycles. The van der Waals surface area contributed by atoms with E-state index < -0.39 is 34.8 Å². The molecule has 104 valence electrons. The third kappa shape index (κ3) is 6.41. The monoisotopic (exact) mass is 271 g/mol. The summed E-state index contributed by atoms with van der Waals surface area (Å²) < 4.78 is 0. The van der Waals surface area contributed by atoms with Crippen LogP contribution in [0.3, 0.4) is 0 Å². The number of carbonyl (C=O) groups is 2. The Labute approximate surface area is 105 Å². The quantitative estimate of drug-likeness (QED) is 0.286. The summed E-state index contributed by atoms with van der Waals surface area (Å²) in [5.74, 6) is -2.31. The number of allylic oxidation sites excluding steroid dienone is 1. The molecule has 10 heteroatoms. The minimum absolute atomic E-state index is 0.213. The minimum atomic E-state index is -0.905. The molecule has 10 nitrogen and oxygen atoms in total. The van der Waals surface area contributed by atoms with Crippen molar-refractivity contribution in [1.82, 2.24) is 15.0 Å². The van der Waals surface area contributed by atoms with E-state index in [1.807, 2.05) is 0 Å². The first-order valence-electron chi connectivity index (χ1n) is 4.90. The highest BCUT2D eigenvalue weighted by atomic mass is 16.2. The molecule has 2 amide bonds. The number of carbonyl (C=O) groups excluding carboxylic acids is 2. The molecule has 1 heterocycles. The zero-order valence-corrected chi connectivity index (χ0v) is 9.76. The fourth-order valence-corrected chi connectivity index (χ4v) is 0.942. The van der Waals surface area contributed by atoms with Crippen LogP contribution in [0.5, 0.6) is 0 Å². The van der Waals surface area contributed by atoms with E-state index in [0.29, 0.717) is 0 Å². The summed E-state index contributed by atoms with van der Waals surface area (Å²) >= 11 is 0. The summed E-state index contributed by atoms with van der Waals surface area (Å²) in [5.41, 5.74) is 7.27. The number of nitrogens with one attached hydrogen (secondary N) is 3. The fourth-order valence-electron chi connectivity index (χ4n) is 0.942. The topological polar surface area (TPSA) is 185 Å². The van der Waals surface area contributed by atoms with Crippen LogP contribution in [-0.4, -0.2) is 26.8 Å². The lowest BCUT2D eigenvalue weighted by molar-refractivity contribution is -0.131. The van der Waals surface area contributed by atoms with Gasteiger partial charge in [-0.3, -0.25) is 24.5 Å². The SMILES string of the molecule is C=CCC(C(N)=O)C(N)=O.O=c1[nH]c(=O)[nH]c(=O)[nH]1. The van der Waals surface area contributed by atoms with Gasteiger partial charge in [-0.05, 0) is 6.42 Å². The second-order valence-electron chi connectivity index (χ2n) is 3.24. The molecule has 1 aromatic rings. The van der Waals surface area contributed by atoms with Crippen LogP contribution in [0.4, 0.5) is 0 Å². The number of H-pyrrole nitrogens is 3. The summed E-state index contributed by atoms with van der Waals surface area (Å²) in [6.45, 7) is 3.35. The van der Waals surface area contributed by atoms with Gasteiger partial charge in [0.1, 0.15) is 5.92 Å². The molecule has 0 aliphatic heterocycles. The Balaban J connectivity index is 0.000000342. The van der Waals surface area contributed by atoms with Crippen LogP contribution in [0.2, 0.25) is 0 Å². The zero-order chi connectivity index (χ0) is 15.0. The van der Waals surface area contributed by atoms with Crippen molar-refractivity contribution in [2.75, 3.05) is 0 Å². The Morgan fingerprint density at radius 3 is 1.47 bits per heavy atom. The molecular formula is C9H13N5O5. The lowest BCUT2D eigenvalue weighted by Crippen LogP contribution is -2.34. The molecule has 1 rings (SSSR count). The number of rotatable bonds is 4. The van der Waals surface area contributed by atoms with Gasteiger partial charge in [-0.15, -0.1) is 6.58 Å². The predicted octanol–water partition coefficient (Wildman–Crippen LogP) is -3.10. The Bertz CT molecular complexity index is 532. The van der Waals surface area contributed by atoms with Gasteiger partial charge >= 0.3 is 17.1 Å². The highest BCUT2D eigenvalue weighted by molar-refractivity contribution is 5.98. The Morgan fingerprint density at radius 2 is 1.32 bits per heavy atom. The Morgan fingerprint density at radius 1 is 1.00 bits per heavy atom. The average Bonchev–Trinajstić information content (AvgIpc) is 2.23. The largest absolute Gasteiger partial charge is 0.369 e. The van der Waals surface area contributed by atoms with Crippen LogP contribution in [0.15, 0.2) is 27.0 Å². The van der Waals surface area contributed by atoms with Crippen LogP contribution in [0, 0.1) is 5.92 Å². The van der Waals surface area contributed by atoms with Gasteiger partial charge in [0.15, 0.2) is 0 Å². The van der Waals surface area contributed by atoms with E-state index in [4.69, 9.17) is 11.5 Å². The second-order valence-corrected chi connectivity index (χ2v) is 3.24. The van der Waals surface area contributed by atoms with Gasteiger partial charge in [-0.2, -0.15) is 0 Å². The summed E-state index contributed by atoms with van der Waals surface area (Å²) in [6, 6.07) is 0. The molecular weight excluding hydrogens is 258 g/mol. The number of nitrogens with two attached hydrogens (primary N) is 2. The van der Waals surface area contributed by atoms with E-state index in [0.717, 1.165) is 0 Å². The van der Waals surface area contributed by atoms with Crippen molar-refractivity contribution in [3.8, 4) is 0 Å². The van der Waals surface area contributed by atoms with E-state index in [2.05, 4.69) is 6.58 Å². The van der Waals surface area contributed by atoms with Crippen molar-refractivity contribution in [3.05, 3.63) is 44.1 Å². The Hall–Kier alpha value is -2.91. The highest BCUT2D eigenvalue weighted by Crippen LogP contribution is 2.00. The first kappa shape index (κ1) is 16.1. The van der Waals surface area contributed by atoms with E-state index in [9.17, 15) is 24.0 Å². The molecule has 7 N–H and O–H groups in total. The lowest BCUT2D eigenvalue weighted by Gasteiger charge is -2.03. The van der Waals surface area contributed by atoms with Gasteiger partial charge in [0, 0.05) is 0 Å². The van der Waals surface area contributed by atoms with Crippen molar-refractivity contribution >= 4 is 11.8 Å². The zero-order valence-electron chi connectivity index (χ0n) is 9.76. The van der Waals surface area contributed by atoms with Gasteiger partial charge in [0.05, 0.1) is 0 Å². The van der Waals surface area contributed by atoms with Crippen molar-refractivity contribution in [1.29, 1.82) is 0 Å². The molecule has 0 unspecified atom stereocenters. The van der Waals surface area contributed by atoms with Crippen LogP contribution in [0.1, 0.15) is 6.42 Å². The van der Waals surface area contributed by atoms with E-state index in [1.54, 1.807) is 15.0 Å². The molecule has 0 spiro atoms. The Kier molecular flexibility index (Phi) is 6.29. The third-order valence-electron chi connectivity index (χ3n) is 1.77. The summed E-state index contributed by atoms with van der Waals surface area (Å²) in [6.07, 6.45) is 1.64. The van der Waals surface area contributed by atoms with E-state index in [-0.39, 0.29) is 6.42 Å². The maximum atomic E-state index is 10.4. The molecule has 0 fully saturated rings. The molecule has 0 radical (unpaired) electrons. The van der Waals surface area contributed by atoms with Crippen LogP contribution in [-0.2, 0) is 9.59 Å². The smallest absolute Gasteiger partial charge is 0.330 e.